The lowest BCUT2D eigenvalue weighted by molar-refractivity contribution is -0.384. The van der Waals surface area contributed by atoms with Crippen molar-refractivity contribution in [1.82, 2.24) is 10.2 Å². The van der Waals surface area contributed by atoms with E-state index in [0.29, 0.717) is 67.6 Å². The van der Waals surface area contributed by atoms with Crippen LogP contribution in [0.2, 0.25) is 0 Å². The number of aromatic nitrogens is 2. The number of ether oxygens (including phenoxy) is 3. The number of hydrogen-bond donors (Lipinski definition) is 1. The van der Waals surface area contributed by atoms with Crippen molar-refractivity contribution in [2.75, 3.05) is 36.7 Å². The third-order valence-corrected chi connectivity index (χ3v) is 6.27. The Morgan fingerprint density at radius 2 is 1.94 bits per heavy atom. The van der Waals surface area contributed by atoms with Gasteiger partial charge in [0.2, 0.25) is 6.79 Å². The summed E-state index contributed by atoms with van der Waals surface area (Å²) in [4.78, 5) is 25.2. The minimum absolute atomic E-state index is 0.0244. The van der Waals surface area contributed by atoms with E-state index in [2.05, 4.69) is 20.4 Å². The van der Waals surface area contributed by atoms with Crippen LogP contribution in [-0.2, 0) is 16.1 Å². The molecule has 3 aromatic rings. The van der Waals surface area contributed by atoms with Gasteiger partial charge < -0.3 is 24.4 Å². The third-order valence-electron chi connectivity index (χ3n) is 6.27. The molecule has 2 aliphatic rings. The quantitative estimate of drug-likeness (QED) is 0.304. The smallest absolute Gasteiger partial charge is 0.309 e. The standard InChI is InChI=1S/C24H25N5O6/c1-2-33-24(30)16-7-9-28(10-8-16)23-18-5-4-17(29(31)32)12-19(18)22(26-27-23)25-13-15-3-6-20-21(11-15)35-14-34-20/h3-6,11-12,16H,2,7-10,13-14H2,1H3,(H,25,26). The maximum absolute atomic E-state index is 12.1. The van der Waals surface area contributed by atoms with Gasteiger partial charge in [-0.05, 0) is 43.5 Å². The molecule has 3 heterocycles. The molecule has 0 atom stereocenters. The molecular weight excluding hydrogens is 454 g/mol. The van der Waals surface area contributed by atoms with Crippen molar-refractivity contribution in [1.29, 1.82) is 0 Å². The first-order chi connectivity index (χ1) is 17.0. The zero-order chi connectivity index (χ0) is 24.4. The van der Waals surface area contributed by atoms with Crippen LogP contribution < -0.4 is 19.7 Å². The number of carbonyl (C=O) groups excluding carboxylic acids is 1. The minimum Gasteiger partial charge on any atom is -0.466 e. The fourth-order valence-electron chi connectivity index (χ4n) is 4.43. The summed E-state index contributed by atoms with van der Waals surface area (Å²) in [6.45, 7) is 4.03. The average molecular weight is 479 g/mol. The second-order valence-corrected chi connectivity index (χ2v) is 8.41. The normalized spacial score (nSPS) is 15.3. The lowest BCUT2D eigenvalue weighted by Gasteiger charge is -2.32. The molecular formula is C24H25N5O6. The highest BCUT2D eigenvalue weighted by atomic mass is 16.7. The van der Waals surface area contributed by atoms with Gasteiger partial charge in [0.25, 0.3) is 5.69 Å². The van der Waals surface area contributed by atoms with E-state index in [1.165, 1.54) is 12.1 Å². The van der Waals surface area contributed by atoms with E-state index in [1.807, 2.05) is 18.2 Å². The number of esters is 1. The van der Waals surface area contributed by atoms with Crippen molar-refractivity contribution in [2.45, 2.75) is 26.3 Å². The van der Waals surface area contributed by atoms with E-state index in [0.717, 1.165) is 10.9 Å². The Morgan fingerprint density at radius 1 is 1.14 bits per heavy atom. The SMILES string of the molecule is CCOC(=O)C1CCN(c2nnc(NCc3ccc4c(c3)OCO4)c3cc([N+](=O)[O-])ccc23)CC1. The molecule has 11 nitrogen and oxygen atoms in total. The van der Waals surface area contributed by atoms with Gasteiger partial charge in [0.05, 0.1) is 17.4 Å². The van der Waals surface area contributed by atoms with Crippen molar-refractivity contribution in [3.05, 3.63) is 52.1 Å². The predicted octanol–water partition coefficient (Wildman–Crippen LogP) is 3.66. The van der Waals surface area contributed by atoms with E-state index >= 15 is 0 Å². The van der Waals surface area contributed by atoms with Crippen LogP contribution >= 0.6 is 0 Å². The van der Waals surface area contributed by atoms with E-state index in [1.54, 1.807) is 13.0 Å². The summed E-state index contributed by atoms with van der Waals surface area (Å²) in [6.07, 6.45) is 1.30. The number of nitro groups is 1. The molecule has 2 aromatic carbocycles. The zero-order valence-electron chi connectivity index (χ0n) is 19.2. The van der Waals surface area contributed by atoms with Gasteiger partial charge in [0.1, 0.15) is 0 Å². The summed E-state index contributed by atoms with van der Waals surface area (Å²) < 4.78 is 15.9. The summed E-state index contributed by atoms with van der Waals surface area (Å²) in [5, 5.41) is 24.9. The van der Waals surface area contributed by atoms with Crippen molar-refractivity contribution in [2.24, 2.45) is 5.92 Å². The molecule has 1 aromatic heterocycles. The number of nitrogens with zero attached hydrogens (tertiary/aromatic N) is 4. The molecule has 0 amide bonds. The van der Waals surface area contributed by atoms with Gasteiger partial charge in [-0.3, -0.25) is 14.9 Å². The van der Waals surface area contributed by atoms with Gasteiger partial charge in [-0.15, -0.1) is 10.2 Å². The highest BCUT2D eigenvalue weighted by Crippen LogP contribution is 2.35. The van der Waals surface area contributed by atoms with Crippen LogP contribution in [0.1, 0.15) is 25.3 Å². The molecule has 35 heavy (non-hydrogen) atoms. The molecule has 0 bridgehead atoms. The Labute approximate surface area is 201 Å². The second kappa shape index (κ2) is 9.61. The molecule has 0 unspecified atom stereocenters. The summed E-state index contributed by atoms with van der Waals surface area (Å²) in [5.41, 5.74) is 0.920. The van der Waals surface area contributed by atoms with Gasteiger partial charge in [-0.25, -0.2) is 0 Å². The van der Waals surface area contributed by atoms with Crippen LogP contribution in [0.25, 0.3) is 10.8 Å². The number of nitro benzene ring substituents is 1. The van der Waals surface area contributed by atoms with Crippen molar-refractivity contribution in [3.63, 3.8) is 0 Å². The van der Waals surface area contributed by atoms with Gasteiger partial charge in [-0.2, -0.15) is 0 Å². The Bertz CT molecular complexity index is 1270. The molecule has 1 saturated heterocycles. The Balaban J connectivity index is 1.40. The first-order valence-electron chi connectivity index (χ1n) is 11.5. The molecule has 0 aliphatic carbocycles. The molecule has 5 rings (SSSR count). The number of piperidine rings is 1. The fraction of sp³-hybridized carbons (Fsp3) is 0.375. The molecule has 1 fully saturated rings. The number of non-ortho nitro benzene ring substituents is 1. The summed E-state index contributed by atoms with van der Waals surface area (Å²) >= 11 is 0. The van der Waals surface area contributed by atoms with Crippen LogP contribution in [0.15, 0.2) is 36.4 Å². The van der Waals surface area contributed by atoms with Crippen LogP contribution in [0, 0.1) is 16.0 Å². The average Bonchev–Trinajstić information content (AvgIpc) is 3.35. The topological polar surface area (TPSA) is 129 Å². The summed E-state index contributed by atoms with van der Waals surface area (Å²) in [6, 6.07) is 10.3. The Morgan fingerprint density at radius 3 is 2.71 bits per heavy atom. The van der Waals surface area contributed by atoms with E-state index in [4.69, 9.17) is 14.2 Å². The fourth-order valence-corrected chi connectivity index (χ4v) is 4.43. The van der Waals surface area contributed by atoms with Crippen LogP contribution in [-0.4, -0.2) is 47.6 Å². The lowest BCUT2D eigenvalue weighted by atomic mass is 9.96. The van der Waals surface area contributed by atoms with Crippen molar-refractivity contribution in [3.8, 4) is 11.5 Å². The molecule has 11 heteroatoms. The highest BCUT2D eigenvalue weighted by molar-refractivity contribution is 6.00. The Kier molecular flexibility index (Phi) is 6.21. The van der Waals surface area contributed by atoms with Crippen LogP contribution in [0.3, 0.4) is 0 Å². The zero-order valence-corrected chi connectivity index (χ0v) is 19.2. The lowest BCUT2D eigenvalue weighted by Crippen LogP contribution is -2.37. The number of hydrogen-bond acceptors (Lipinski definition) is 10. The van der Waals surface area contributed by atoms with Gasteiger partial charge in [0, 0.05) is 42.5 Å². The van der Waals surface area contributed by atoms with E-state index in [9.17, 15) is 14.9 Å². The molecule has 0 radical (unpaired) electrons. The van der Waals surface area contributed by atoms with Gasteiger partial charge in [0.15, 0.2) is 23.1 Å². The highest BCUT2D eigenvalue weighted by Gasteiger charge is 2.28. The second-order valence-electron chi connectivity index (χ2n) is 8.41. The van der Waals surface area contributed by atoms with E-state index in [-0.39, 0.29) is 24.4 Å². The first-order valence-corrected chi connectivity index (χ1v) is 11.5. The monoisotopic (exact) mass is 479 g/mol. The number of nitrogens with one attached hydrogen (secondary N) is 1. The number of fused-ring (bicyclic) bond motifs is 2. The molecule has 0 saturated carbocycles. The summed E-state index contributed by atoms with van der Waals surface area (Å²) in [5.74, 6) is 2.18. The molecule has 182 valence electrons. The predicted molar refractivity (Wildman–Crippen MR) is 128 cm³/mol. The Hall–Kier alpha value is -4.15. The van der Waals surface area contributed by atoms with E-state index < -0.39 is 4.92 Å². The molecule has 2 aliphatic heterocycles. The number of rotatable bonds is 7. The van der Waals surface area contributed by atoms with Crippen molar-refractivity contribution >= 4 is 34.1 Å². The van der Waals surface area contributed by atoms with Gasteiger partial charge >= 0.3 is 5.97 Å². The van der Waals surface area contributed by atoms with Crippen molar-refractivity contribution < 1.29 is 23.9 Å². The third kappa shape index (κ3) is 4.61. The number of anilines is 2. The minimum atomic E-state index is -0.425. The number of benzene rings is 2. The van der Waals surface area contributed by atoms with Crippen LogP contribution in [0.4, 0.5) is 17.3 Å². The molecule has 0 spiro atoms. The van der Waals surface area contributed by atoms with Gasteiger partial charge in [-0.1, -0.05) is 6.07 Å². The number of carbonyl (C=O) groups is 1. The maximum atomic E-state index is 12.1. The largest absolute Gasteiger partial charge is 0.466 e. The van der Waals surface area contributed by atoms with Crippen LogP contribution in [0.5, 0.6) is 11.5 Å². The summed E-state index contributed by atoms with van der Waals surface area (Å²) in [7, 11) is 0. The maximum Gasteiger partial charge on any atom is 0.309 e. The first kappa shape index (κ1) is 22.6. The molecule has 1 N–H and O–H groups in total.